The highest BCUT2D eigenvalue weighted by molar-refractivity contribution is 7.19. The van der Waals surface area contributed by atoms with Crippen LogP contribution in [0.2, 0.25) is 0 Å². The predicted octanol–water partition coefficient (Wildman–Crippen LogP) is 4.08. The predicted molar refractivity (Wildman–Crippen MR) is 116 cm³/mol. The molecule has 0 spiro atoms. The van der Waals surface area contributed by atoms with E-state index in [-0.39, 0.29) is 5.91 Å². The average Bonchev–Trinajstić information content (AvgIpc) is 3.44. The zero-order valence-corrected chi connectivity index (χ0v) is 17.9. The number of nitrogens with one attached hydrogen (secondary N) is 2. The van der Waals surface area contributed by atoms with E-state index in [1.807, 2.05) is 24.3 Å². The molecule has 1 aromatic carbocycles. The number of hydrogen-bond acceptors (Lipinski definition) is 5. The zero-order valence-electron chi connectivity index (χ0n) is 17.1. The highest BCUT2D eigenvalue weighted by atomic mass is 32.1. The molecule has 0 aliphatic carbocycles. The molecule has 0 atom stereocenters. The van der Waals surface area contributed by atoms with Crippen molar-refractivity contribution in [1.29, 1.82) is 0 Å². The SMILES string of the molecule is COc1ccc(CNC(=O)c2cc3sc(C)c(CN4CCCC4)c3[nH]2)cc1OC. The number of H-pyrrole nitrogens is 1. The van der Waals surface area contributed by atoms with Gasteiger partial charge in [-0.3, -0.25) is 9.69 Å². The lowest BCUT2D eigenvalue weighted by Crippen LogP contribution is -2.23. The summed E-state index contributed by atoms with van der Waals surface area (Å²) in [5, 5.41) is 2.99. The maximum Gasteiger partial charge on any atom is 0.268 e. The van der Waals surface area contributed by atoms with Crippen molar-refractivity contribution in [2.75, 3.05) is 27.3 Å². The molecule has 1 saturated heterocycles. The lowest BCUT2D eigenvalue weighted by atomic mass is 10.2. The van der Waals surface area contributed by atoms with E-state index in [0.29, 0.717) is 23.7 Å². The maximum absolute atomic E-state index is 12.7. The fraction of sp³-hybridized carbons (Fsp3) is 0.409. The topological polar surface area (TPSA) is 66.6 Å². The Morgan fingerprint density at radius 1 is 1.17 bits per heavy atom. The number of aromatic nitrogens is 1. The van der Waals surface area contributed by atoms with Crippen LogP contribution in [0.25, 0.3) is 10.2 Å². The van der Waals surface area contributed by atoms with Gasteiger partial charge in [-0.25, -0.2) is 0 Å². The number of fused-ring (bicyclic) bond motifs is 1. The number of methoxy groups -OCH3 is 2. The molecule has 0 saturated carbocycles. The molecule has 7 heteroatoms. The van der Waals surface area contributed by atoms with Gasteiger partial charge in [-0.1, -0.05) is 6.07 Å². The van der Waals surface area contributed by atoms with Gasteiger partial charge in [0, 0.05) is 23.5 Å². The summed E-state index contributed by atoms with van der Waals surface area (Å²) in [6, 6.07) is 7.61. The summed E-state index contributed by atoms with van der Waals surface area (Å²) in [6.45, 7) is 5.87. The monoisotopic (exact) mass is 413 g/mol. The lowest BCUT2D eigenvalue weighted by Gasteiger charge is -2.14. The van der Waals surface area contributed by atoms with Gasteiger partial charge in [0.25, 0.3) is 5.91 Å². The number of aryl methyl sites for hydroxylation is 1. The minimum absolute atomic E-state index is 0.104. The van der Waals surface area contributed by atoms with Crippen LogP contribution in [0.3, 0.4) is 0 Å². The number of aromatic amines is 1. The molecule has 1 aliphatic heterocycles. The first-order valence-corrected chi connectivity index (χ1v) is 10.7. The number of carbonyl (C=O) groups excluding carboxylic acids is 1. The van der Waals surface area contributed by atoms with E-state index in [2.05, 4.69) is 22.1 Å². The van der Waals surface area contributed by atoms with Gasteiger partial charge in [0.2, 0.25) is 0 Å². The standard InChI is InChI=1S/C22H27N3O3S/c1-14-16(13-25-8-4-5-9-25)21-20(29-14)11-17(24-21)22(26)23-12-15-6-7-18(27-2)19(10-15)28-3/h6-7,10-11,24H,4-5,8-9,12-13H2,1-3H3,(H,23,26). The van der Waals surface area contributed by atoms with Gasteiger partial charge in [0.05, 0.1) is 24.4 Å². The van der Waals surface area contributed by atoms with E-state index < -0.39 is 0 Å². The number of thiophene rings is 1. The normalized spacial score (nSPS) is 14.4. The Morgan fingerprint density at radius 3 is 2.66 bits per heavy atom. The van der Waals surface area contributed by atoms with Gasteiger partial charge in [-0.05, 0) is 56.6 Å². The first-order chi connectivity index (χ1) is 14.1. The number of carbonyl (C=O) groups is 1. The highest BCUT2D eigenvalue weighted by Crippen LogP contribution is 2.33. The highest BCUT2D eigenvalue weighted by Gasteiger charge is 2.19. The van der Waals surface area contributed by atoms with E-state index in [4.69, 9.17) is 9.47 Å². The van der Waals surface area contributed by atoms with Crippen molar-refractivity contribution in [3.63, 3.8) is 0 Å². The van der Waals surface area contributed by atoms with Crippen molar-refractivity contribution < 1.29 is 14.3 Å². The van der Waals surface area contributed by atoms with Crippen molar-refractivity contribution in [2.45, 2.75) is 32.9 Å². The number of hydrogen-bond donors (Lipinski definition) is 2. The fourth-order valence-electron chi connectivity index (χ4n) is 3.89. The molecule has 0 radical (unpaired) electrons. The first-order valence-electron chi connectivity index (χ1n) is 9.91. The van der Waals surface area contributed by atoms with E-state index >= 15 is 0 Å². The number of likely N-dealkylation sites (tertiary alicyclic amines) is 1. The molecule has 6 nitrogen and oxygen atoms in total. The van der Waals surface area contributed by atoms with Crippen LogP contribution < -0.4 is 14.8 Å². The minimum Gasteiger partial charge on any atom is -0.493 e. The maximum atomic E-state index is 12.7. The van der Waals surface area contributed by atoms with Gasteiger partial charge >= 0.3 is 0 Å². The number of nitrogens with zero attached hydrogens (tertiary/aromatic N) is 1. The number of benzene rings is 1. The zero-order chi connectivity index (χ0) is 20.4. The molecule has 2 aromatic heterocycles. The Labute approximate surface area is 174 Å². The molecule has 29 heavy (non-hydrogen) atoms. The van der Waals surface area contributed by atoms with Gasteiger partial charge in [0.15, 0.2) is 11.5 Å². The third-order valence-corrected chi connectivity index (χ3v) is 6.59. The third-order valence-electron chi connectivity index (χ3n) is 5.50. The Hall–Kier alpha value is -2.51. The van der Waals surface area contributed by atoms with Crippen LogP contribution >= 0.6 is 11.3 Å². The Kier molecular flexibility index (Phi) is 5.78. The summed E-state index contributed by atoms with van der Waals surface area (Å²) in [7, 11) is 3.21. The second-order valence-electron chi connectivity index (χ2n) is 7.41. The van der Waals surface area contributed by atoms with Gasteiger partial charge in [-0.2, -0.15) is 0 Å². The van der Waals surface area contributed by atoms with E-state index in [1.165, 1.54) is 23.3 Å². The second-order valence-corrected chi connectivity index (χ2v) is 8.67. The molecule has 1 fully saturated rings. The summed E-state index contributed by atoms with van der Waals surface area (Å²) >= 11 is 1.76. The fourth-order valence-corrected chi connectivity index (χ4v) is 4.96. The summed E-state index contributed by atoms with van der Waals surface area (Å²) in [4.78, 5) is 19.9. The van der Waals surface area contributed by atoms with Crippen LogP contribution in [0.4, 0.5) is 0 Å². The molecule has 2 N–H and O–H groups in total. The molecular weight excluding hydrogens is 386 g/mol. The quantitative estimate of drug-likeness (QED) is 0.613. The summed E-state index contributed by atoms with van der Waals surface area (Å²) in [5.41, 5.74) is 3.99. The van der Waals surface area contributed by atoms with Crippen LogP contribution in [-0.2, 0) is 13.1 Å². The van der Waals surface area contributed by atoms with Crippen molar-refractivity contribution >= 4 is 27.5 Å². The van der Waals surface area contributed by atoms with Crippen molar-refractivity contribution in [1.82, 2.24) is 15.2 Å². The van der Waals surface area contributed by atoms with Crippen LogP contribution in [0, 0.1) is 6.92 Å². The average molecular weight is 414 g/mol. The van der Waals surface area contributed by atoms with Crippen molar-refractivity contribution in [3.05, 3.63) is 46.0 Å². The molecule has 0 bridgehead atoms. The molecule has 0 unspecified atom stereocenters. The summed E-state index contributed by atoms with van der Waals surface area (Å²) < 4.78 is 11.7. The van der Waals surface area contributed by atoms with Gasteiger partial charge in [0.1, 0.15) is 5.69 Å². The third kappa shape index (κ3) is 4.11. The van der Waals surface area contributed by atoms with Gasteiger partial charge in [-0.15, -0.1) is 11.3 Å². The summed E-state index contributed by atoms with van der Waals surface area (Å²) in [6.07, 6.45) is 2.56. The molecule has 3 aromatic rings. The number of ether oxygens (including phenoxy) is 2. The smallest absolute Gasteiger partial charge is 0.268 e. The van der Waals surface area contributed by atoms with E-state index in [1.54, 1.807) is 25.6 Å². The van der Waals surface area contributed by atoms with Crippen molar-refractivity contribution in [2.24, 2.45) is 0 Å². The minimum atomic E-state index is -0.104. The van der Waals surface area contributed by atoms with Crippen molar-refractivity contribution in [3.8, 4) is 11.5 Å². The molecule has 1 amide bonds. The van der Waals surface area contributed by atoms with Crippen LogP contribution in [0.5, 0.6) is 11.5 Å². The van der Waals surface area contributed by atoms with Crippen LogP contribution in [0.15, 0.2) is 24.3 Å². The molecule has 1 aliphatic rings. The molecule has 3 heterocycles. The Morgan fingerprint density at radius 2 is 1.93 bits per heavy atom. The van der Waals surface area contributed by atoms with Crippen LogP contribution in [0.1, 0.15) is 39.3 Å². The number of amides is 1. The second kappa shape index (κ2) is 8.47. The molecule has 4 rings (SSSR count). The lowest BCUT2D eigenvalue weighted by molar-refractivity contribution is 0.0946. The van der Waals surface area contributed by atoms with Crippen LogP contribution in [-0.4, -0.2) is 43.1 Å². The first kappa shape index (κ1) is 19.8. The van der Waals surface area contributed by atoms with Gasteiger partial charge < -0.3 is 19.8 Å². The molecule has 154 valence electrons. The van der Waals surface area contributed by atoms with E-state index in [9.17, 15) is 4.79 Å². The van der Waals surface area contributed by atoms with E-state index in [0.717, 1.165) is 35.4 Å². The largest absolute Gasteiger partial charge is 0.493 e. The molecular formula is C22H27N3O3S. The number of rotatable bonds is 7. The Bertz CT molecular complexity index is 1020. The summed E-state index contributed by atoms with van der Waals surface area (Å²) in [5.74, 6) is 1.22. The Balaban J connectivity index is 1.46.